The van der Waals surface area contributed by atoms with Gasteiger partial charge in [-0.25, -0.2) is 10.1 Å². The Morgan fingerprint density at radius 1 is 1.32 bits per heavy atom. The molecule has 0 spiro atoms. The molecule has 1 aliphatic rings. The highest BCUT2D eigenvalue weighted by Gasteiger charge is 2.37. The van der Waals surface area contributed by atoms with Crippen LogP contribution in [-0.4, -0.2) is 57.4 Å². The smallest absolute Gasteiger partial charge is 0.422 e. The lowest BCUT2D eigenvalue weighted by molar-refractivity contribution is -0.138. The van der Waals surface area contributed by atoms with Gasteiger partial charge in [-0.3, -0.25) is 9.59 Å². The Bertz CT molecular complexity index is 1190. The predicted molar refractivity (Wildman–Crippen MR) is 111 cm³/mol. The number of halogens is 3. The van der Waals surface area contributed by atoms with E-state index >= 15 is 0 Å². The fourth-order valence-electron chi connectivity index (χ4n) is 3.39. The minimum absolute atomic E-state index is 0.0153. The van der Waals surface area contributed by atoms with E-state index in [9.17, 15) is 22.8 Å². The Kier molecular flexibility index (Phi) is 6.58. The summed E-state index contributed by atoms with van der Waals surface area (Å²) in [6.07, 6.45) is -1.69. The van der Waals surface area contributed by atoms with Gasteiger partial charge in [0.1, 0.15) is 18.0 Å². The number of pyridine rings is 1. The summed E-state index contributed by atoms with van der Waals surface area (Å²) in [4.78, 5) is 28.5. The summed E-state index contributed by atoms with van der Waals surface area (Å²) in [6, 6.07) is 2.89. The van der Waals surface area contributed by atoms with E-state index < -0.39 is 29.0 Å². The van der Waals surface area contributed by atoms with Gasteiger partial charge in [-0.2, -0.15) is 18.3 Å². The molecule has 0 saturated carbocycles. The lowest BCUT2D eigenvalue weighted by Crippen LogP contribution is -2.45. The molecule has 1 unspecified atom stereocenters. The standard InChI is InChI=1S/C20H20F3N7O4/c1-11(26-14-5-25-28-18(32)17(14)20(21,22)23)9-33-10-16-27-29-19(34-16)13-6-30(7-13)15-3-2-12(8-31)4-24-15/h2-5,8,11,13H,6-7,9-10H2,1H3,(H2,26,28,32). The number of carbonyl (C=O) groups excluding carboxylic acids is 1. The number of H-pyrrole nitrogens is 1. The summed E-state index contributed by atoms with van der Waals surface area (Å²) in [5, 5.41) is 15.7. The monoisotopic (exact) mass is 479 g/mol. The summed E-state index contributed by atoms with van der Waals surface area (Å²) in [6.45, 7) is 2.84. The largest absolute Gasteiger partial charge is 0.423 e. The van der Waals surface area contributed by atoms with Crippen LogP contribution in [0.3, 0.4) is 0 Å². The van der Waals surface area contributed by atoms with Crippen LogP contribution in [0.1, 0.15) is 40.5 Å². The van der Waals surface area contributed by atoms with Crippen molar-refractivity contribution in [3.63, 3.8) is 0 Å². The zero-order valence-electron chi connectivity index (χ0n) is 17.9. The zero-order chi connectivity index (χ0) is 24.3. The van der Waals surface area contributed by atoms with Gasteiger partial charge in [0.15, 0.2) is 6.29 Å². The normalized spacial score (nSPS) is 15.1. The number of rotatable bonds is 9. The van der Waals surface area contributed by atoms with Gasteiger partial charge in [0.05, 0.1) is 24.4 Å². The first-order chi connectivity index (χ1) is 16.2. The van der Waals surface area contributed by atoms with Crippen molar-refractivity contribution < 1.29 is 27.1 Å². The SMILES string of the molecule is CC(COCc1nnc(C2CN(c3ccc(C=O)cn3)C2)o1)Nc1cn[nH]c(=O)c1C(F)(F)F. The van der Waals surface area contributed by atoms with E-state index in [2.05, 4.69) is 25.6 Å². The Labute approximate surface area is 190 Å². The van der Waals surface area contributed by atoms with Gasteiger partial charge >= 0.3 is 6.18 Å². The van der Waals surface area contributed by atoms with E-state index in [4.69, 9.17) is 9.15 Å². The van der Waals surface area contributed by atoms with Crippen LogP contribution < -0.4 is 15.8 Å². The average molecular weight is 479 g/mol. The first kappa shape index (κ1) is 23.4. The summed E-state index contributed by atoms with van der Waals surface area (Å²) >= 11 is 0. The molecule has 1 fully saturated rings. The zero-order valence-corrected chi connectivity index (χ0v) is 17.9. The highest BCUT2D eigenvalue weighted by molar-refractivity contribution is 5.74. The maximum absolute atomic E-state index is 13.1. The summed E-state index contributed by atoms with van der Waals surface area (Å²) in [5.41, 5.74) is -2.60. The van der Waals surface area contributed by atoms with Crippen molar-refractivity contribution in [3.8, 4) is 0 Å². The molecule has 1 atom stereocenters. The van der Waals surface area contributed by atoms with Gasteiger partial charge in [-0.1, -0.05) is 0 Å². The molecule has 0 radical (unpaired) electrons. The van der Waals surface area contributed by atoms with Crippen LogP contribution in [-0.2, 0) is 17.5 Å². The minimum Gasteiger partial charge on any atom is -0.422 e. The van der Waals surface area contributed by atoms with E-state index in [1.54, 1.807) is 24.2 Å². The maximum atomic E-state index is 13.1. The predicted octanol–water partition coefficient (Wildman–Crippen LogP) is 2.00. The Balaban J connectivity index is 1.25. The van der Waals surface area contributed by atoms with Crippen molar-refractivity contribution >= 4 is 17.8 Å². The molecule has 3 aromatic rings. The van der Waals surface area contributed by atoms with Gasteiger partial charge in [-0.05, 0) is 19.1 Å². The van der Waals surface area contributed by atoms with Crippen LogP contribution in [0.4, 0.5) is 24.7 Å². The highest BCUT2D eigenvalue weighted by Crippen LogP contribution is 2.32. The molecule has 0 bridgehead atoms. The molecule has 0 amide bonds. The first-order valence-corrected chi connectivity index (χ1v) is 10.2. The molecule has 4 heterocycles. The lowest BCUT2D eigenvalue weighted by Gasteiger charge is -2.38. The lowest BCUT2D eigenvalue weighted by atomic mass is 10.0. The average Bonchev–Trinajstić information content (AvgIpc) is 3.20. The minimum atomic E-state index is -4.83. The molecule has 34 heavy (non-hydrogen) atoms. The first-order valence-electron chi connectivity index (χ1n) is 10.2. The van der Waals surface area contributed by atoms with Gasteiger partial charge in [0.2, 0.25) is 11.8 Å². The van der Waals surface area contributed by atoms with E-state index in [0.29, 0.717) is 24.5 Å². The van der Waals surface area contributed by atoms with Crippen LogP contribution in [0.5, 0.6) is 0 Å². The molecular formula is C20H20F3N7O4. The van der Waals surface area contributed by atoms with Crippen molar-refractivity contribution in [2.45, 2.75) is 31.7 Å². The number of hydrogen-bond donors (Lipinski definition) is 2. The van der Waals surface area contributed by atoms with E-state index in [0.717, 1.165) is 18.3 Å². The van der Waals surface area contributed by atoms with E-state index in [1.165, 1.54) is 6.20 Å². The number of alkyl halides is 3. The number of nitrogens with zero attached hydrogens (tertiary/aromatic N) is 5. The fourth-order valence-corrected chi connectivity index (χ4v) is 3.39. The Morgan fingerprint density at radius 2 is 2.12 bits per heavy atom. The molecule has 1 saturated heterocycles. The number of aromatic amines is 1. The third-order valence-electron chi connectivity index (χ3n) is 5.08. The molecule has 11 nitrogen and oxygen atoms in total. The number of hydrogen-bond acceptors (Lipinski definition) is 10. The summed E-state index contributed by atoms with van der Waals surface area (Å²) in [5.74, 6) is 1.47. The Hall–Kier alpha value is -3.81. The molecule has 0 aliphatic carbocycles. The van der Waals surface area contributed by atoms with Gasteiger partial charge in [0, 0.05) is 30.9 Å². The second-order valence-corrected chi connectivity index (χ2v) is 7.75. The van der Waals surface area contributed by atoms with Crippen molar-refractivity contribution in [2.75, 3.05) is 29.9 Å². The van der Waals surface area contributed by atoms with Crippen LogP contribution >= 0.6 is 0 Å². The number of anilines is 2. The second kappa shape index (κ2) is 9.59. The van der Waals surface area contributed by atoms with Gasteiger partial charge in [0.25, 0.3) is 5.56 Å². The molecule has 2 N–H and O–H groups in total. The second-order valence-electron chi connectivity index (χ2n) is 7.75. The molecule has 4 rings (SSSR count). The van der Waals surface area contributed by atoms with E-state index in [1.807, 2.05) is 4.90 Å². The summed E-state index contributed by atoms with van der Waals surface area (Å²) in [7, 11) is 0. The maximum Gasteiger partial charge on any atom is 0.423 e. The van der Waals surface area contributed by atoms with Crippen molar-refractivity contribution in [1.82, 2.24) is 25.4 Å². The van der Waals surface area contributed by atoms with Crippen LogP contribution in [0.25, 0.3) is 0 Å². The molecule has 180 valence electrons. The van der Waals surface area contributed by atoms with E-state index in [-0.39, 0.29) is 25.0 Å². The van der Waals surface area contributed by atoms with Crippen LogP contribution in [0.2, 0.25) is 0 Å². The number of nitrogens with one attached hydrogen (secondary N) is 2. The van der Waals surface area contributed by atoms with Crippen LogP contribution in [0, 0.1) is 0 Å². The molecule has 3 aromatic heterocycles. The quantitative estimate of drug-likeness (QED) is 0.438. The van der Waals surface area contributed by atoms with Crippen LogP contribution in [0.15, 0.2) is 33.7 Å². The summed E-state index contributed by atoms with van der Waals surface area (Å²) < 4.78 is 50.5. The number of aldehydes is 1. The molecule has 0 aromatic carbocycles. The molecule has 14 heteroatoms. The van der Waals surface area contributed by atoms with Crippen molar-refractivity contribution in [1.29, 1.82) is 0 Å². The molecular weight excluding hydrogens is 459 g/mol. The number of carbonyl (C=O) groups is 1. The third-order valence-corrected chi connectivity index (χ3v) is 5.08. The van der Waals surface area contributed by atoms with Gasteiger partial charge in [-0.15, -0.1) is 10.2 Å². The Morgan fingerprint density at radius 3 is 2.79 bits per heavy atom. The van der Waals surface area contributed by atoms with Crippen molar-refractivity contribution in [2.24, 2.45) is 0 Å². The highest BCUT2D eigenvalue weighted by atomic mass is 19.4. The van der Waals surface area contributed by atoms with Crippen molar-refractivity contribution in [3.05, 3.63) is 57.8 Å². The number of ether oxygens (including phenoxy) is 1. The number of aromatic nitrogens is 5. The fraction of sp³-hybridized carbons (Fsp3) is 0.400. The third kappa shape index (κ3) is 5.22. The molecule has 1 aliphatic heterocycles. The van der Waals surface area contributed by atoms with Gasteiger partial charge < -0.3 is 19.4 Å². The topological polar surface area (TPSA) is 139 Å².